The van der Waals surface area contributed by atoms with E-state index in [1.54, 1.807) is 24.3 Å². The smallest absolute Gasteiger partial charge is 0.416 e. The van der Waals surface area contributed by atoms with Crippen LogP contribution in [0, 0.1) is 5.92 Å². The Labute approximate surface area is 248 Å². The Morgan fingerprint density at radius 1 is 1.02 bits per heavy atom. The summed E-state index contributed by atoms with van der Waals surface area (Å²) in [6.07, 6.45) is -4.58. The van der Waals surface area contributed by atoms with Gasteiger partial charge in [0.2, 0.25) is 17.7 Å². The molecule has 14 heteroatoms. The predicted octanol–water partition coefficient (Wildman–Crippen LogP) is 5.43. The number of thiophene rings is 1. The predicted molar refractivity (Wildman–Crippen MR) is 153 cm³/mol. The molecule has 2 aliphatic rings. The number of alkyl halides is 3. The summed E-state index contributed by atoms with van der Waals surface area (Å²) in [5.41, 5.74) is -0.591. The minimum Gasteiger partial charge on any atom is -0.497 e. The molecule has 3 amide bonds. The lowest BCUT2D eigenvalue weighted by atomic mass is 9.87. The fourth-order valence-electron chi connectivity index (χ4n) is 5.13. The summed E-state index contributed by atoms with van der Waals surface area (Å²) in [5.74, 6) is -2.33. The van der Waals surface area contributed by atoms with Crippen molar-refractivity contribution in [3.63, 3.8) is 0 Å². The number of benzene rings is 2. The number of amides is 3. The number of rotatable bonds is 6. The van der Waals surface area contributed by atoms with Crippen molar-refractivity contribution in [3.05, 3.63) is 91.0 Å². The molecule has 0 aliphatic carbocycles. The summed E-state index contributed by atoms with van der Waals surface area (Å²) in [5, 5.41) is 3.80. The number of nitrogens with zero attached hydrogens (tertiary/aromatic N) is 2. The molecule has 42 heavy (non-hydrogen) atoms. The first-order chi connectivity index (χ1) is 20.1. The van der Waals surface area contributed by atoms with Crippen LogP contribution in [0.25, 0.3) is 0 Å². The monoisotopic (exact) mass is 631 g/mol. The van der Waals surface area contributed by atoms with Gasteiger partial charge in [-0.05, 0) is 53.9 Å². The van der Waals surface area contributed by atoms with Crippen LogP contribution in [0.15, 0.2) is 75.9 Å². The van der Waals surface area contributed by atoms with Crippen molar-refractivity contribution in [1.82, 2.24) is 4.57 Å². The van der Waals surface area contributed by atoms with Crippen LogP contribution >= 0.6 is 34.4 Å². The number of halogens is 3. The maximum absolute atomic E-state index is 13.8. The number of fused-ring (bicyclic) bond motifs is 2. The molecule has 8 nitrogen and oxygen atoms in total. The second-order valence-electron chi connectivity index (χ2n) is 9.52. The third-order valence-corrected chi connectivity index (χ3v) is 10.6. The molecule has 1 fully saturated rings. The zero-order valence-corrected chi connectivity index (χ0v) is 24.0. The highest BCUT2D eigenvalue weighted by molar-refractivity contribution is 8.00. The van der Waals surface area contributed by atoms with E-state index in [1.807, 2.05) is 17.5 Å². The number of nitrogens with one attached hydrogen (secondary N) is 1. The number of hydrogen-bond donors (Lipinski definition) is 1. The number of carbonyl (C=O) groups excluding carboxylic acids is 3. The van der Waals surface area contributed by atoms with Crippen LogP contribution in [0.3, 0.4) is 0 Å². The van der Waals surface area contributed by atoms with E-state index in [2.05, 4.69) is 5.32 Å². The van der Waals surface area contributed by atoms with Crippen LogP contribution in [0.2, 0.25) is 0 Å². The number of methoxy groups -OCH3 is 1. The Morgan fingerprint density at radius 2 is 1.79 bits per heavy atom. The molecule has 0 unspecified atom stereocenters. The van der Waals surface area contributed by atoms with Crippen LogP contribution in [0.4, 0.5) is 24.5 Å². The van der Waals surface area contributed by atoms with Gasteiger partial charge in [-0.2, -0.15) is 13.2 Å². The van der Waals surface area contributed by atoms with Gasteiger partial charge < -0.3 is 10.1 Å². The number of carbonyl (C=O) groups is 3. The highest BCUT2D eigenvalue weighted by Crippen LogP contribution is 2.54. The molecular formula is C28H20F3N3O5S3. The minimum atomic E-state index is -4.58. The Balaban J connectivity index is 1.34. The first-order valence-electron chi connectivity index (χ1n) is 12.5. The molecule has 1 saturated heterocycles. The molecule has 4 aromatic rings. The summed E-state index contributed by atoms with van der Waals surface area (Å²) in [6.45, 7) is -0.479. The molecular weight excluding hydrogens is 612 g/mol. The van der Waals surface area contributed by atoms with E-state index >= 15 is 0 Å². The van der Waals surface area contributed by atoms with E-state index in [9.17, 15) is 32.3 Å². The Kier molecular flexibility index (Phi) is 7.23. The highest BCUT2D eigenvalue weighted by atomic mass is 32.2. The Morgan fingerprint density at radius 3 is 2.45 bits per heavy atom. The van der Waals surface area contributed by atoms with E-state index in [4.69, 9.17) is 4.74 Å². The molecule has 2 aromatic carbocycles. The SMILES string of the molecule is COc1ccc(N2C(=O)[C@H]3[C@H](c4cccs4)c4sc(=O)n(CC(=O)Nc5cccc(C(F)(F)F)c5)c4S[C@H]3C2=O)cc1. The van der Waals surface area contributed by atoms with Gasteiger partial charge in [0.25, 0.3) is 0 Å². The Bertz CT molecular complexity index is 1750. The second-order valence-corrected chi connectivity index (χ2v) is 12.6. The van der Waals surface area contributed by atoms with E-state index < -0.39 is 52.1 Å². The first kappa shape index (κ1) is 28.2. The standard InChI is InChI=1S/C28H20F3N3O5S3/c1-39-17-9-7-16(8-10-17)34-24(36)21-20(18-6-3-11-40-18)23-26(41-22(21)25(34)37)33(27(38)42-23)13-19(35)32-15-5-2-4-14(12-15)28(29,30)31/h2-12,20-22H,13H2,1H3,(H,32,35)/t20-,21-,22+/m0/s1. The molecule has 0 saturated carbocycles. The fourth-order valence-corrected chi connectivity index (χ4v) is 8.85. The van der Waals surface area contributed by atoms with Gasteiger partial charge in [-0.15, -0.1) is 11.3 Å². The number of hydrogen-bond acceptors (Lipinski definition) is 8. The van der Waals surface area contributed by atoms with Gasteiger partial charge in [0.05, 0.1) is 29.3 Å². The summed E-state index contributed by atoms with van der Waals surface area (Å²) < 4.78 is 45.8. The van der Waals surface area contributed by atoms with Gasteiger partial charge >= 0.3 is 11.0 Å². The first-order valence-corrected chi connectivity index (χ1v) is 15.1. The van der Waals surface area contributed by atoms with Crippen molar-refractivity contribution in [3.8, 4) is 5.75 Å². The van der Waals surface area contributed by atoms with Crippen LogP contribution in [0.5, 0.6) is 5.75 Å². The van der Waals surface area contributed by atoms with Crippen molar-refractivity contribution in [1.29, 1.82) is 0 Å². The van der Waals surface area contributed by atoms with E-state index in [0.29, 0.717) is 21.3 Å². The number of anilines is 2. The molecule has 6 rings (SSSR count). The summed E-state index contributed by atoms with van der Waals surface area (Å²) in [7, 11) is 1.51. The lowest BCUT2D eigenvalue weighted by Gasteiger charge is -2.29. The van der Waals surface area contributed by atoms with Gasteiger partial charge in [-0.3, -0.25) is 23.7 Å². The third kappa shape index (κ3) is 4.92. The molecule has 2 aliphatic heterocycles. The summed E-state index contributed by atoms with van der Waals surface area (Å²) >= 11 is 3.36. The Hall–Kier alpha value is -3.88. The molecule has 216 valence electrons. The summed E-state index contributed by atoms with van der Waals surface area (Å²) in [6, 6.07) is 14.4. The lowest BCUT2D eigenvalue weighted by Crippen LogP contribution is -2.32. The van der Waals surface area contributed by atoms with Gasteiger partial charge in [0, 0.05) is 21.4 Å². The quantitative estimate of drug-likeness (QED) is 0.285. The van der Waals surface area contributed by atoms with Gasteiger partial charge in [0.15, 0.2) is 0 Å². The van der Waals surface area contributed by atoms with E-state index in [0.717, 1.165) is 45.0 Å². The lowest BCUT2D eigenvalue weighted by molar-refractivity contribution is -0.137. The molecule has 3 atom stereocenters. The number of ether oxygens (including phenoxy) is 1. The van der Waals surface area contributed by atoms with Gasteiger partial charge in [-0.25, -0.2) is 4.90 Å². The summed E-state index contributed by atoms with van der Waals surface area (Å²) in [4.78, 5) is 55.7. The van der Waals surface area contributed by atoms with E-state index in [1.165, 1.54) is 35.1 Å². The highest BCUT2D eigenvalue weighted by Gasteiger charge is 2.57. The molecule has 4 heterocycles. The zero-order valence-electron chi connectivity index (χ0n) is 21.6. The number of imide groups is 1. The number of thiazole rings is 1. The van der Waals surface area contributed by atoms with Crippen molar-refractivity contribution >= 4 is 63.5 Å². The average Bonchev–Trinajstić information content (AvgIpc) is 3.66. The fraction of sp³-hybridized carbons (Fsp3) is 0.214. The van der Waals surface area contributed by atoms with Crippen LogP contribution in [-0.4, -0.2) is 34.6 Å². The van der Waals surface area contributed by atoms with Crippen molar-refractivity contribution in [2.45, 2.75) is 28.9 Å². The second kappa shape index (κ2) is 10.7. The maximum Gasteiger partial charge on any atom is 0.416 e. The normalized spacial score (nSPS) is 19.9. The minimum absolute atomic E-state index is 0.0668. The zero-order chi connectivity index (χ0) is 29.8. The van der Waals surface area contributed by atoms with Crippen LogP contribution in [-0.2, 0) is 27.1 Å². The van der Waals surface area contributed by atoms with Gasteiger partial charge in [0.1, 0.15) is 17.5 Å². The number of aromatic nitrogens is 1. The topological polar surface area (TPSA) is 97.7 Å². The molecule has 0 bridgehead atoms. The van der Waals surface area contributed by atoms with E-state index in [-0.39, 0.29) is 11.6 Å². The largest absolute Gasteiger partial charge is 0.497 e. The molecule has 0 radical (unpaired) electrons. The van der Waals surface area contributed by atoms with Crippen molar-refractivity contribution in [2.24, 2.45) is 5.92 Å². The number of thioether (sulfide) groups is 1. The third-order valence-electron chi connectivity index (χ3n) is 7.00. The van der Waals surface area contributed by atoms with Crippen molar-refractivity contribution < 1.29 is 32.3 Å². The van der Waals surface area contributed by atoms with Crippen LogP contribution in [0.1, 0.15) is 21.2 Å². The van der Waals surface area contributed by atoms with Crippen molar-refractivity contribution in [2.75, 3.05) is 17.3 Å². The molecule has 2 aromatic heterocycles. The molecule has 0 spiro atoms. The maximum atomic E-state index is 13.8. The average molecular weight is 632 g/mol. The van der Waals surface area contributed by atoms with Crippen LogP contribution < -0.4 is 19.8 Å². The van der Waals surface area contributed by atoms with Gasteiger partial charge in [-0.1, -0.05) is 35.2 Å². The molecule has 1 N–H and O–H groups in total.